The van der Waals surface area contributed by atoms with Crippen LogP contribution in [0.4, 0.5) is 15.6 Å². The maximum Gasteiger partial charge on any atom is 0.325 e. The van der Waals surface area contributed by atoms with Crippen molar-refractivity contribution in [1.82, 2.24) is 15.5 Å². The van der Waals surface area contributed by atoms with Gasteiger partial charge in [-0.2, -0.15) is 0 Å². The van der Waals surface area contributed by atoms with Gasteiger partial charge in [0.25, 0.3) is 0 Å². The van der Waals surface area contributed by atoms with Gasteiger partial charge < -0.3 is 15.4 Å². The summed E-state index contributed by atoms with van der Waals surface area (Å²) in [5.74, 6) is 0.829. The van der Waals surface area contributed by atoms with E-state index in [9.17, 15) is 9.59 Å². The summed E-state index contributed by atoms with van der Waals surface area (Å²) in [6.07, 6.45) is 0. The molecule has 29 heavy (non-hydrogen) atoms. The van der Waals surface area contributed by atoms with E-state index in [4.69, 9.17) is 4.74 Å². The summed E-state index contributed by atoms with van der Waals surface area (Å²) < 4.78 is 5.67. The van der Waals surface area contributed by atoms with E-state index in [0.29, 0.717) is 27.5 Å². The van der Waals surface area contributed by atoms with Gasteiger partial charge in [-0.3, -0.25) is 10.1 Å². The number of aromatic nitrogens is 2. The van der Waals surface area contributed by atoms with Gasteiger partial charge in [0.1, 0.15) is 5.75 Å². The molecule has 3 N–H and O–H groups in total. The number of nitrogens with one attached hydrogen (secondary N) is 3. The predicted molar refractivity (Wildman–Crippen MR) is 115 cm³/mol. The number of ether oxygens (including phenoxy) is 1. The van der Waals surface area contributed by atoms with E-state index in [1.54, 1.807) is 31.4 Å². The van der Waals surface area contributed by atoms with Gasteiger partial charge >= 0.3 is 6.03 Å². The summed E-state index contributed by atoms with van der Waals surface area (Å²) in [5.41, 5.74) is 1.66. The molecule has 0 atom stereocenters. The molecule has 150 valence electrons. The highest BCUT2D eigenvalue weighted by atomic mass is 32.2. The molecule has 0 spiro atoms. The molecule has 0 fully saturated rings. The molecule has 10 heteroatoms. The third-order valence-electron chi connectivity index (χ3n) is 3.63. The molecular weight excluding hydrogens is 410 g/mol. The molecule has 3 rings (SSSR count). The second-order valence-electron chi connectivity index (χ2n) is 5.73. The van der Waals surface area contributed by atoms with Crippen molar-refractivity contribution < 1.29 is 14.3 Å². The van der Waals surface area contributed by atoms with Crippen LogP contribution in [0.5, 0.6) is 5.75 Å². The van der Waals surface area contributed by atoms with Crippen LogP contribution in [0.2, 0.25) is 0 Å². The fraction of sp³-hybridized carbons (Fsp3) is 0.158. The molecule has 0 aliphatic carbocycles. The lowest BCUT2D eigenvalue weighted by molar-refractivity contribution is -0.118. The first-order chi connectivity index (χ1) is 14.1. The van der Waals surface area contributed by atoms with E-state index in [1.165, 1.54) is 23.1 Å². The average molecular weight is 430 g/mol. The minimum Gasteiger partial charge on any atom is -0.497 e. The van der Waals surface area contributed by atoms with Crippen LogP contribution in [0.25, 0.3) is 0 Å². The highest BCUT2D eigenvalue weighted by Crippen LogP contribution is 2.25. The smallest absolute Gasteiger partial charge is 0.325 e. The van der Waals surface area contributed by atoms with Crippen LogP contribution in [0.15, 0.2) is 58.9 Å². The monoisotopic (exact) mass is 429 g/mol. The second-order valence-corrected chi connectivity index (χ2v) is 7.93. The molecule has 2 aromatic carbocycles. The van der Waals surface area contributed by atoms with Gasteiger partial charge in [0, 0.05) is 12.2 Å². The number of nitrogens with zero attached hydrogens (tertiary/aromatic N) is 2. The van der Waals surface area contributed by atoms with Crippen molar-refractivity contribution in [3.63, 3.8) is 0 Å². The molecule has 0 unspecified atom stereocenters. The Balaban J connectivity index is 1.41. The van der Waals surface area contributed by atoms with Crippen LogP contribution in [0, 0.1) is 0 Å². The van der Waals surface area contributed by atoms with Gasteiger partial charge in [-0.25, -0.2) is 4.79 Å². The van der Waals surface area contributed by atoms with Gasteiger partial charge in [-0.1, -0.05) is 53.4 Å². The van der Waals surface area contributed by atoms with Crippen LogP contribution in [-0.2, 0) is 11.3 Å². The Morgan fingerprint density at radius 1 is 1.03 bits per heavy atom. The summed E-state index contributed by atoms with van der Waals surface area (Å²) in [7, 11) is 1.58. The Kier molecular flexibility index (Phi) is 7.42. The Labute approximate surface area is 176 Å². The third-order valence-corrected chi connectivity index (χ3v) is 5.61. The number of amides is 3. The number of hydrogen-bond donors (Lipinski definition) is 3. The van der Waals surface area contributed by atoms with Gasteiger partial charge in [0.15, 0.2) is 4.34 Å². The van der Waals surface area contributed by atoms with Crippen LogP contribution in [-0.4, -0.2) is 35.0 Å². The van der Waals surface area contributed by atoms with E-state index in [2.05, 4.69) is 26.1 Å². The lowest BCUT2D eigenvalue weighted by Crippen LogP contribution is -2.24. The molecule has 8 nitrogen and oxygen atoms in total. The average Bonchev–Trinajstić information content (AvgIpc) is 3.19. The quantitative estimate of drug-likeness (QED) is 0.373. The summed E-state index contributed by atoms with van der Waals surface area (Å²) in [4.78, 5) is 24.0. The van der Waals surface area contributed by atoms with E-state index >= 15 is 0 Å². The lowest BCUT2D eigenvalue weighted by Gasteiger charge is -2.05. The zero-order valence-electron chi connectivity index (χ0n) is 15.5. The summed E-state index contributed by atoms with van der Waals surface area (Å²) in [6, 6.07) is 16.2. The molecule has 3 amide bonds. The molecule has 0 bridgehead atoms. The van der Waals surface area contributed by atoms with Crippen molar-refractivity contribution in [3.8, 4) is 5.75 Å². The van der Waals surface area contributed by atoms with Crippen LogP contribution >= 0.6 is 23.1 Å². The lowest BCUT2D eigenvalue weighted by atomic mass is 10.2. The number of rotatable bonds is 8. The minimum atomic E-state index is -0.427. The number of thioether (sulfide) groups is 1. The number of anilines is 2. The molecule has 0 saturated carbocycles. The van der Waals surface area contributed by atoms with Crippen LogP contribution < -0.4 is 20.7 Å². The van der Waals surface area contributed by atoms with Gasteiger partial charge in [0.2, 0.25) is 11.0 Å². The number of carbonyl (C=O) groups is 2. The van der Waals surface area contributed by atoms with E-state index in [1.807, 2.05) is 30.3 Å². The number of benzene rings is 2. The van der Waals surface area contributed by atoms with E-state index in [-0.39, 0.29) is 11.7 Å². The zero-order valence-corrected chi connectivity index (χ0v) is 17.2. The van der Waals surface area contributed by atoms with Crippen LogP contribution in [0.3, 0.4) is 0 Å². The first kappa shape index (κ1) is 20.6. The number of urea groups is 1. The maximum absolute atomic E-state index is 12.0. The maximum atomic E-state index is 12.0. The van der Waals surface area contributed by atoms with Gasteiger partial charge in [-0.15, -0.1) is 10.2 Å². The van der Waals surface area contributed by atoms with Crippen molar-refractivity contribution in [3.05, 3.63) is 60.2 Å². The SMILES string of the molecule is COc1ccc(NC(=O)Nc2nnc(SCC(=O)NCc3ccccc3)s2)cc1. The summed E-state index contributed by atoms with van der Waals surface area (Å²) in [5, 5.41) is 16.4. The standard InChI is InChI=1S/C19H19N5O3S2/c1-27-15-9-7-14(8-10-15)21-17(26)22-18-23-24-19(29-18)28-12-16(25)20-11-13-5-3-2-4-6-13/h2-10H,11-12H2,1H3,(H,20,25)(H2,21,22,23,26). The fourth-order valence-corrected chi connectivity index (χ4v) is 3.80. The Morgan fingerprint density at radius 2 is 1.79 bits per heavy atom. The summed E-state index contributed by atoms with van der Waals surface area (Å²) >= 11 is 2.47. The van der Waals surface area contributed by atoms with Crippen molar-refractivity contribution in [2.75, 3.05) is 23.5 Å². The molecule has 3 aromatic rings. The van der Waals surface area contributed by atoms with Crippen molar-refractivity contribution in [1.29, 1.82) is 0 Å². The normalized spacial score (nSPS) is 10.2. The third kappa shape index (κ3) is 6.77. The Bertz CT molecular complexity index is 948. The largest absolute Gasteiger partial charge is 0.497 e. The van der Waals surface area contributed by atoms with E-state index in [0.717, 1.165) is 5.56 Å². The number of methoxy groups -OCH3 is 1. The Hall–Kier alpha value is -3.11. The second kappa shape index (κ2) is 10.4. The molecule has 0 radical (unpaired) electrons. The van der Waals surface area contributed by atoms with Gasteiger partial charge in [0.05, 0.1) is 12.9 Å². The highest BCUT2D eigenvalue weighted by molar-refractivity contribution is 8.01. The van der Waals surface area contributed by atoms with Crippen LogP contribution in [0.1, 0.15) is 5.56 Å². The number of carbonyl (C=O) groups excluding carboxylic acids is 2. The fourth-order valence-electron chi connectivity index (χ4n) is 2.23. The minimum absolute atomic E-state index is 0.0965. The van der Waals surface area contributed by atoms with Gasteiger partial charge in [-0.05, 0) is 29.8 Å². The van der Waals surface area contributed by atoms with E-state index < -0.39 is 6.03 Å². The molecule has 0 aliphatic rings. The molecule has 0 aliphatic heterocycles. The number of hydrogen-bond acceptors (Lipinski definition) is 7. The topological polar surface area (TPSA) is 105 Å². The Morgan fingerprint density at radius 3 is 2.52 bits per heavy atom. The van der Waals surface area contributed by atoms with Crippen molar-refractivity contribution >= 4 is 45.9 Å². The van der Waals surface area contributed by atoms with Crippen molar-refractivity contribution in [2.24, 2.45) is 0 Å². The molecule has 0 saturated heterocycles. The molecule has 1 heterocycles. The first-order valence-corrected chi connectivity index (χ1v) is 10.4. The summed E-state index contributed by atoms with van der Waals surface area (Å²) in [6.45, 7) is 0.481. The molecular formula is C19H19N5O3S2. The predicted octanol–water partition coefficient (Wildman–Crippen LogP) is 3.60. The molecule has 1 aromatic heterocycles. The van der Waals surface area contributed by atoms with Crippen molar-refractivity contribution in [2.45, 2.75) is 10.9 Å². The zero-order chi connectivity index (χ0) is 20.5. The highest BCUT2D eigenvalue weighted by Gasteiger charge is 2.11. The first-order valence-electron chi connectivity index (χ1n) is 8.61.